The summed E-state index contributed by atoms with van der Waals surface area (Å²) in [7, 11) is 0. The van der Waals surface area contributed by atoms with E-state index in [1.807, 2.05) is 0 Å². The van der Waals surface area contributed by atoms with Crippen molar-refractivity contribution < 1.29 is 0 Å². The van der Waals surface area contributed by atoms with E-state index in [9.17, 15) is 0 Å². The minimum absolute atomic E-state index is 1.07. The van der Waals surface area contributed by atoms with Crippen LogP contribution in [0.25, 0.3) is 11.0 Å². The number of benzene rings is 1. The maximum atomic E-state index is 4.85. The fraction of sp³-hybridized carbons (Fsp3) is 0.588. The zero-order valence-corrected chi connectivity index (χ0v) is 13.0. The van der Waals surface area contributed by atoms with Gasteiger partial charge >= 0.3 is 0 Å². The van der Waals surface area contributed by atoms with Crippen molar-refractivity contribution in [2.75, 3.05) is 32.7 Å². The molecule has 0 bridgehead atoms. The summed E-state index contributed by atoms with van der Waals surface area (Å²) >= 11 is 0. The molecule has 114 valence electrons. The second kappa shape index (κ2) is 7.05. The number of hydrogen-bond donors (Lipinski definition) is 1. The molecule has 0 atom stereocenters. The van der Waals surface area contributed by atoms with Crippen LogP contribution in [0.2, 0.25) is 0 Å². The number of imidazole rings is 1. The van der Waals surface area contributed by atoms with E-state index in [4.69, 9.17) is 4.98 Å². The highest BCUT2D eigenvalue weighted by molar-refractivity contribution is 5.75. The number of nitrogens with one attached hydrogen (secondary N) is 1. The third-order valence-corrected chi connectivity index (χ3v) is 4.27. The minimum Gasteiger partial charge on any atom is -0.328 e. The molecular weight excluding hydrogens is 260 g/mol. The van der Waals surface area contributed by atoms with Crippen LogP contribution in [0.3, 0.4) is 0 Å². The van der Waals surface area contributed by atoms with Gasteiger partial charge in [0.05, 0.1) is 11.0 Å². The summed E-state index contributed by atoms with van der Waals surface area (Å²) in [6.45, 7) is 9.14. The van der Waals surface area contributed by atoms with Gasteiger partial charge in [-0.15, -0.1) is 0 Å². The second-order valence-electron chi connectivity index (χ2n) is 5.86. The van der Waals surface area contributed by atoms with Gasteiger partial charge in [0.25, 0.3) is 0 Å². The molecule has 2 aromatic rings. The number of aryl methyl sites for hydroxylation is 2. The number of nitrogens with zero attached hydrogens (tertiary/aromatic N) is 3. The quantitative estimate of drug-likeness (QED) is 0.884. The van der Waals surface area contributed by atoms with Crippen LogP contribution in [0.1, 0.15) is 25.6 Å². The van der Waals surface area contributed by atoms with Crippen molar-refractivity contribution in [3.05, 3.63) is 30.1 Å². The summed E-state index contributed by atoms with van der Waals surface area (Å²) in [5.41, 5.74) is 2.43. The molecule has 1 aromatic carbocycles. The molecule has 0 spiro atoms. The van der Waals surface area contributed by atoms with Gasteiger partial charge in [-0.25, -0.2) is 4.98 Å². The van der Waals surface area contributed by atoms with E-state index in [1.165, 1.54) is 37.4 Å². The molecule has 0 amide bonds. The Bertz CT molecular complexity index is 569. The maximum absolute atomic E-state index is 4.85. The second-order valence-corrected chi connectivity index (χ2v) is 5.86. The molecule has 0 saturated carbocycles. The number of piperazine rings is 1. The summed E-state index contributed by atoms with van der Waals surface area (Å²) in [6.07, 6.45) is 3.44. The lowest BCUT2D eigenvalue weighted by Crippen LogP contribution is -2.43. The maximum Gasteiger partial charge on any atom is 0.109 e. The Morgan fingerprint density at radius 2 is 1.95 bits per heavy atom. The Kier molecular flexibility index (Phi) is 4.88. The van der Waals surface area contributed by atoms with E-state index >= 15 is 0 Å². The number of aromatic nitrogens is 2. The van der Waals surface area contributed by atoms with Gasteiger partial charge in [-0.2, -0.15) is 0 Å². The van der Waals surface area contributed by atoms with Crippen molar-refractivity contribution in [3.8, 4) is 0 Å². The fourth-order valence-corrected chi connectivity index (χ4v) is 3.18. The van der Waals surface area contributed by atoms with Crippen molar-refractivity contribution in [1.29, 1.82) is 0 Å². The molecule has 4 heteroatoms. The molecule has 3 rings (SSSR count). The van der Waals surface area contributed by atoms with Crippen LogP contribution in [0.15, 0.2) is 24.3 Å². The van der Waals surface area contributed by atoms with Crippen LogP contribution in [0, 0.1) is 0 Å². The summed E-state index contributed by atoms with van der Waals surface area (Å²) in [6, 6.07) is 8.51. The first-order chi connectivity index (χ1) is 10.4. The lowest BCUT2D eigenvalue weighted by Gasteiger charge is -2.27. The zero-order chi connectivity index (χ0) is 14.5. The first-order valence-electron chi connectivity index (χ1n) is 8.25. The molecule has 0 radical (unpaired) electrons. The van der Waals surface area contributed by atoms with Gasteiger partial charge in [-0.1, -0.05) is 19.1 Å². The Morgan fingerprint density at radius 3 is 2.76 bits per heavy atom. The van der Waals surface area contributed by atoms with Crippen LogP contribution >= 0.6 is 0 Å². The molecule has 1 aliphatic heterocycles. The Balaban J connectivity index is 1.66. The van der Waals surface area contributed by atoms with E-state index in [0.29, 0.717) is 0 Å². The van der Waals surface area contributed by atoms with E-state index in [0.717, 1.165) is 38.0 Å². The van der Waals surface area contributed by atoms with Gasteiger partial charge in [-0.05, 0) is 31.5 Å². The van der Waals surface area contributed by atoms with Crippen LogP contribution in [0.5, 0.6) is 0 Å². The summed E-state index contributed by atoms with van der Waals surface area (Å²) in [5.74, 6) is 1.26. The smallest absolute Gasteiger partial charge is 0.109 e. The predicted molar refractivity (Wildman–Crippen MR) is 87.7 cm³/mol. The average Bonchev–Trinajstić information content (AvgIpc) is 2.87. The summed E-state index contributed by atoms with van der Waals surface area (Å²) in [5, 5.41) is 3.41. The minimum atomic E-state index is 1.07. The van der Waals surface area contributed by atoms with Crippen molar-refractivity contribution >= 4 is 11.0 Å². The van der Waals surface area contributed by atoms with Crippen molar-refractivity contribution in [1.82, 2.24) is 19.8 Å². The summed E-state index contributed by atoms with van der Waals surface area (Å²) in [4.78, 5) is 7.40. The van der Waals surface area contributed by atoms with Gasteiger partial charge in [0.15, 0.2) is 0 Å². The van der Waals surface area contributed by atoms with Crippen LogP contribution in [-0.2, 0) is 13.0 Å². The van der Waals surface area contributed by atoms with Gasteiger partial charge < -0.3 is 14.8 Å². The lowest BCUT2D eigenvalue weighted by molar-refractivity contribution is 0.238. The van der Waals surface area contributed by atoms with Crippen LogP contribution in [0.4, 0.5) is 0 Å². The Morgan fingerprint density at radius 1 is 1.14 bits per heavy atom. The highest BCUT2D eigenvalue weighted by atomic mass is 15.2. The first kappa shape index (κ1) is 14.5. The number of fused-ring (bicyclic) bond motifs is 1. The molecule has 1 N–H and O–H groups in total. The highest BCUT2D eigenvalue weighted by Gasteiger charge is 2.12. The number of para-hydroxylation sites is 2. The Hall–Kier alpha value is -1.39. The molecular formula is C17H26N4. The molecule has 2 heterocycles. The molecule has 1 fully saturated rings. The highest BCUT2D eigenvalue weighted by Crippen LogP contribution is 2.17. The average molecular weight is 286 g/mol. The zero-order valence-electron chi connectivity index (χ0n) is 13.0. The SMILES string of the molecule is CCCn1c(CCCN2CCNCC2)nc2ccccc21. The topological polar surface area (TPSA) is 33.1 Å². The molecule has 0 aliphatic carbocycles. The van der Waals surface area contributed by atoms with Gasteiger partial charge in [-0.3, -0.25) is 0 Å². The van der Waals surface area contributed by atoms with Crippen LogP contribution < -0.4 is 5.32 Å². The molecule has 0 unspecified atom stereocenters. The van der Waals surface area contributed by atoms with E-state index < -0.39 is 0 Å². The molecule has 4 nitrogen and oxygen atoms in total. The molecule has 1 saturated heterocycles. The number of rotatable bonds is 6. The lowest BCUT2D eigenvalue weighted by atomic mass is 10.2. The van der Waals surface area contributed by atoms with E-state index in [2.05, 4.69) is 46.0 Å². The largest absolute Gasteiger partial charge is 0.328 e. The number of hydrogen-bond acceptors (Lipinski definition) is 3. The third kappa shape index (κ3) is 3.44. The van der Waals surface area contributed by atoms with Gasteiger partial charge in [0.1, 0.15) is 5.82 Å². The molecule has 1 aliphatic rings. The molecule has 1 aromatic heterocycles. The van der Waals surface area contributed by atoms with Gasteiger partial charge in [0.2, 0.25) is 0 Å². The standard InChI is InChI=1S/C17H26N4/c1-2-11-21-16-7-4-3-6-15(16)19-17(21)8-5-12-20-13-9-18-10-14-20/h3-4,6-7,18H,2,5,8-14H2,1H3. The predicted octanol–water partition coefficient (Wildman–Crippen LogP) is 2.28. The van der Waals surface area contributed by atoms with Crippen molar-refractivity contribution in [3.63, 3.8) is 0 Å². The monoisotopic (exact) mass is 286 g/mol. The van der Waals surface area contributed by atoms with Gasteiger partial charge in [0, 0.05) is 39.1 Å². The van der Waals surface area contributed by atoms with Crippen molar-refractivity contribution in [2.45, 2.75) is 32.7 Å². The normalized spacial score (nSPS) is 16.6. The third-order valence-electron chi connectivity index (χ3n) is 4.27. The Labute approximate surface area is 127 Å². The fourth-order valence-electron chi connectivity index (χ4n) is 3.18. The first-order valence-corrected chi connectivity index (χ1v) is 8.25. The van der Waals surface area contributed by atoms with Crippen molar-refractivity contribution in [2.24, 2.45) is 0 Å². The van der Waals surface area contributed by atoms with E-state index in [-0.39, 0.29) is 0 Å². The molecule has 21 heavy (non-hydrogen) atoms. The van der Waals surface area contributed by atoms with Crippen LogP contribution in [-0.4, -0.2) is 47.2 Å². The summed E-state index contributed by atoms with van der Waals surface area (Å²) < 4.78 is 2.41. The van der Waals surface area contributed by atoms with E-state index in [1.54, 1.807) is 0 Å².